The van der Waals surface area contributed by atoms with Crippen molar-refractivity contribution in [1.82, 2.24) is 4.98 Å². The highest BCUT2D eigenvalue weighted by atomic mass is 32.2. The number of benzene rings is 3. The van der Waals surface area contributed by atoms with Gasteiger partial charge in [0.25, 0.3) is 5.91 Å². The lowest BCUT2D eigenvalue weighted by atomic mass is 10.1. The third-order valence-corrected chi connectivity index (χ3v) is 6.63. The number of fused-ring (bicyclic) bond motifs is 1. The van der Waals surface area contributed by atoms with Crippen molar-refractivity contribution in [2.24, 2.45) is 0 Å². The Morgan fingerprint density at radius 1 is 1.00 bits per heavy atom. The summed E-state index contributed by atoms with van der Waals surface area (Å²) in [6.07, 6.45) is 0. The maximum Gasteiger partial charge on any atom is 0.336 e. The highest BCUT2D eigenvalue weighted by Gasteiger charge is 2.16. The van der Waals surface area contributed by atoms with Gasteiger partial charge in [-0.2, -0.15) is 0 Å². The molecule has 4 aromatic rings. The Morgan fingerprint density at radius 3 is 2.56 bits per heavy atom. The van der Waals surface area contributed by atoms with E-state index in [0.717, 1.165) is 20.9 Å². The van der Waals surface area contributed by atoms with Crippen molar-refractivity contribution in [2.45, 2.75) is 4.90 Å². The molecule has 0 unspecified atom stereocenters. The van der Waals surface area contributed by atoms with Crippen LogP contribution in [0, 0.1) is 0 Å². The minimum atomic E-state index is -1.17. The van der Waals surface area contributed by atoms with E-state index in [4.69, 9.17) is 4.74 Å². The molecule has 1 aromatic heterocycles. The van der Waals surface area contributed by atoms with E-state index in [0.29, 0.717) is 10.8 Å². The number of methoxy groups -OCH3 is 1. The van der Waals surface area contributed by atoms with Crippen molar-refractivity contribution in [1.29, 1.82) is 0 Å². The summed E-state index contributed by atoms with van der Waals surface area (Å²) in [6.45, 7) is 0. The summed E-state index contributed by atoms with van der Waals surface area (Å²) in [5, 5.41) is 15.3. The Morgan fingerprint density at radius 2 is 1.79 bits per heavy atom. The van der Waals surface area contributed by atoms with Crippen LogP contribution in [0.15, 0.2) is 71.6 Å². The first kappa shape index (κ1) is 23.3. The van der Waals surface area contributed by atoms with E-state index in [1.807, 2.05) is 24.3 Å². The quantitative estimate of drug-likeness (QED) is 0.296. The highest BCUT2D eigenvalue weighted by molar-refractivity contribution is 8.00. The normalized spacial score (nSPS) is 10.6. The van der Waals surface area contributed by atoms with Gasteiger partial charge in [-0.1, -0.05) is 29.5 Å². The predicted octanol–water partition coefficient (Wildman–Crippen LogP) is 4.99. The van der Waals surface area contributed by atoms with Crippen LogP contribution >= 0.6 is 23.1 Å². The van der Waals surface area contributed by atoms with Crippen LogP contribution in [0.2, 0.25) is 0 Å². The summed E-state index contributed by atoms with van der Waals surface area (Å²) >= 11 is 2.67. The summed E-state index contributed by atoms with van der Waals surface area (Å²) < 4.78 is 6.12. The maximum absolute atomic E-state index is 12.6. The summed E-state index contributed by atoms with van der Waals surface area (Å²) in [5.41, 5.74) is 1.27. The van der Waals surface area contributed by atoms with Crippen molar-refractivity contribution in [3.8, 4) is 5.75 Å². The Bertz CT molecular complexity index is 1390. The first-order valence-electron chi connectivity index (χ1n) is 10.0. The second-order valence-electron chi connectivity index (χ2n) is 7.02. The van der Waals surface area contributed by atoms with Gasteiger partial charge in [-0.3, -0.25) is 9.59 Å². The first-order chi connectivity index (χ1) is 16.4. The number of carboxylic acid groups (broad SMARTS) is 1. The van der Waals surface area contributed by atoms with Crippen molar-refractivity contribution in [3.05, 3.63) is 77.9 Å². The minimum Gasteiger partial charge on any atom is -0.497 e. The molecule has 0 saturated heterocycles. The van der Waals surface area contributed by atoms with Gasteiger partial charge in [0.2, 0.25) is 5.91 Å². The Labute approximate surface area is 203 Å². The molecule has 0 aliphatic carbocycles. The van der Waals surface area contributed by atoms with Gasteiger partial charge in [-0.05, 0) is 48.5 Å². The predicted molar refractivity (Wildman–Crippen MR) is 133 cm³/mol. The molecule has 0 aliphatic rings. The molecule has 0 radical (unpaired) electrons. The molecule has 0 spiro atoms. The van der Waals surface area contributed by atoms with Gasteiger partial charge in [-0.15, -0.1) is 11.8 Å². The van der Waals surface area contributed by atoms with E-state index in [1.165, 1.54) is 35.2 Å². The number of carboxylic acids is 1. The van der Waals surface area contributed by atoms with Gasteiger partial charge in [0, 0.05) is 10.6 Å². The molecule has 0 saturated carbocycles. The molecule has 172 valence electrons. The number of hydrogen-bond acceptors (Lipinski definition) is 7. The summed E-state index contributed by atoms with van der Waals surface area (Å²) in [5.74, 6) is -1.03. The zero-order valence-electron chi connectivity index (χ0n) is 17.9. The number of nitrogens with zero attached hydrogens (tertiary/aromatic N) is 1. The Balaban J connectivity index is 1.37. The summed E-state index contributed by atoms with van der Waals surface area (Å²) in [7, 11) is 1.59. The van der Waals surface area contributed by atoms with E-state index < -0.39 is 11.9 Å². The number of anilines is 2. The van der Waals surface area contributed by atoms with Crippen LogP contribution in [0.25, 0.3) is 10.2 Å². The zero-order chi connectivity index (χ0) is 24.1. The van der Waals surface area contributed by atoms with E-state index in [2.05, 4.69) is 15.6 Å². The van der Waals surface area contributed by atoms with Gasteiger partial charge < -0.3 is 20.5 Å². The molecule has 1 heterocycles. The molecule has 4 rings (SSSR count). The number of carbonyl (C=O) groups is 3. The number of carbonyl (C=O) groups excluding carboxylic acids is 2. The number of amides is 2. The monoisotopic (exact) mass is 493 g/mol. The molecule has 3 aromatic carbocycles. The highest BCUT2D eigenvalue weighted by Crippen LogP contribution is 2.29. The number of thioether (sulfide) groups is 1. The summed E-state index contributed by atoms with van der Waals surface area (Å²) in [6, 6.07) is 18.5. The molecule has 3 N–H and O–H groups in total. The van der Waals surface area contributed by atoms with Crippen LogP contribution in [-0.4, -0.2) is 40.7 Å². The number of hydrogen-bond donors (Lipinski definition) is 3. The van der Waals surface area contributed by atoms with E-state index >= 15 is 0 Å². The van der Waals surface area contributed by atoms with Gasteiger partial charge in [0.15, 0.2) is 5.13 Å². The molecule has 10 heteroatoms. The van der Waals surface area contributed by atoms with Crippen LogP contribution in [0.3, 0.4) is 0 Å². The largest absolute Gasteiger partial charge is 0.497 e. The zero-order valence-corrected chi connectivity index (χ0v) is 19.5. The van der Waals surface area contributed by atoms with Crippen LogP contribution in [0.5, 0.6) is 5.75 Å². The van der Waals surface area contributed by atoms with Gasteiger partial charge in [-0.25, -0.2) is 9.78 Å². The van der Waals surface area contributed by atoms with Crippen molar-refractivity contribution >= 4 is 61.9 Å². The lowest BCUT2D eigenvalue weighted by Crippen LogP contribution is -2.16. The van der Waals surface area contributed by atoms with Crippen molar-refractivity contribution in [2.75, 3.05) is 23.5 Å². The standard InChI is InChI=1S/C24H19N3O5S2/c1-32-15-9-10-19-20(12-15)34-24(26-19)27-21(28)13-33-16-6-4-5-14(11-16)25-22(29)17-7-2-3-8-18(17)23(30)31/h2-12H,13H2,1H3,(H,25,29)(H,30,31)(H,26,27,28). The molecule has 34 heavy (non-hydrogen) atoms. The molecule has 8 nitrogen and oxygen atoms in total. The van der Waals surface area contributed by atoms with Gasteiger partial charge in [0.1, 0.15) is 5.75 Å². The lowest BCUT2D eigenvalue weighted by Gasteiger charge is -2.09. The number of ether oxygens (including phenoxy) is 1. The number of rotatable bonds is 8. The van der Waals surface area contributed by atoms with Crippen LogP contribution in [0.4, 0.5) is 10.8 Å². The number of nitrogens with one attached hydrogen (secondary N) is 2. The van der Waals surface area contributed by atoms with Crippen LogP contribution in [-0.2, 0) is 4.79 Å². The molecule has 0 fully saturated rings. The molecule has 2 amide bonds. The minimum absolute atomic E-state index is 0.0703. The molecular formula is C24H19N3O5S2. The lowest BCUT2D eigenvalue weighted by molar-refractivity contribution is -0.113. The third-order valence-electron chi connectivity index (χ3n) is 4.71. The van der Waals surface area contributed by atoms with Crippen LogP contribution < -0.4 is 15.4 Å². The topological polar surface area (TPSA) is 118 Å². The van der Waals surface area contributed by atoms with E-state index in [-0.39, 0.29) is 22.8 Å². The van der Waals surface area contributed by atoms with Crippen molar-refractivity contribution < 1.29 is 24.2 Å². The van der Waals surface area contributed by atoms with Gasteiger partial charge in [0.05, 0.1) is 34.2 Å². The average Bonchev–Trinajstić information content (AvgIpc) is 3.24. The second-order valence-corrected chi connectivity index (χ2v) is 9.10. The SMILES string of the molecule is COc1ccc2nc(NC(=O)CSc3cccc(NC(=O)c4ccccc4C(=O)O)c3)sc2c1. The fraction of sp³-hybridized carbons (Fsp3) is 0.0833. The number of aromatic carboxylic acids is 1. The first-order valence-corrected chi connectivity index (χ1v) is 11.8. The Hall–Kier alpha value is -3.89. The molecule has 0 aliphatic heterocycles. The fourth-order valence-electron chi connectivity index (χ4n) is 3.12. The average molecular weight is 494 g/mol. The van der Waals surface area contributed by atoms with Gasteiger partial charge >= 0.3 is 5.97 Å². The maximum atomic E-state index is 12.6. The second kappa shape index (κ2) is 10.4. The smallest absolute Gasteiger partial charge is 0.336 e. The van der Waals surface area contributed by atoms with E-state index in [1.54, 1.807) is 37.4 Å². The molecule has 0 bridgehead atoms. The molecule has 0 atom stereocenters. The van der Waals surface area contributed by atoms with Crippen molar-refractivity contribution in [3.63, 3.8) is 0 Å². The molecular weight excluding hydrogens is 474 g/mol. The van der Waals surface area contributed by atoms with E-state index in [9.17, 15) is 19.5 Å². The Kier molecular flexibility index (Phi) is 7.09. The summed E-state index contributed by atoms with van der Waals surface area (Å²) in [4.78, 5) is 41.5. The third kappa shape index (κ3) is 5.53. The fourth-order valence-corrected chi connectivity index (χ4v) is 4.78. The number of aromatic nitrogens is 1. The number of thiazole rings is 1. The van der Waals surface area contributed by atoms with Crippen LogP contribution in [0.1, 0.15) is 20.7 Å².